The molecule has 1 aromatic rings. The molecule has 4 heteroatoms. The van der Waals surface area contributed by atoms with Crippen LogP contribution in [0.15, 0.2) is 29.5 Å². The van der Waals surface area contributed by atoms with Gasteiger partial charge in [-0.1, -0.05) is 6.07 Å². The minimum atomic E-state index is -0.441. The first-order valence-corrected chi connectivity index (χ1v) is 3.79. The maximum absolute atomic E-state index is 10.6. The fourth-order valence-corrected chi connectivity index (χ4v) is 0.770. The second-order valence-electron chi connectivity index (χ2n) is 2.35. The molecule has 0 saturated heterocycles. The van der Waals surface area contributed by atoms with E-state index in [4.69, 9.17) is 0 Å². The fourth-order valence-electron chi connectivity index (χ4n) is 0.770. The summed E-state index contributed by atoms with van der Waals surface area (Å²) < 4.78 is 4.38. The van der Waals surface area contributed by atoms with Crippen LogP contribution in [0.5, 0.6) is 0 Å². The Labute approximate surface area is 76.3 Å². The van der Waals surface area contributed by atoms with Gasteiger partial charge in [0.1, 0.15) is 6.21 Å². The van der Waals surface area contributed by atoms with Crippen LogP contribution in [0.4, 0.5) is 0 Å². The second kappa shape index (κ2) is 5.03. The van der Waals surface area contributed by atoms with E-state index in [9.17, 15) is 4.79 Å². The summed E-state index contributed by atoms with van der Waals surface area (Å²) in [6, 6.07) is 3.71. The molecule has 0 N–H and O–H groups in total. The first kappa shape index (κ1) is 9.38. The van der Waals surface area contributed by atoms with E-state index >= 15 is 0 Å². The van der Waals surface area contributed by atoms with Gasteiger partial charge in [0.25, 0.3) is 0 Å². The number of carbonyl (C=O) groups excluding carboxylic acids is 1. The van der Waals surface area contributed by atoms with Crippen LogP contribution in [0.1, 0.15) is 5.56 Å². The Balaban J connectivity index is 2.44. The Morgan fingerprint density at radius 1 is 1.77 bits per heavy atom. The number of hydrogen-bond donors (Lipinski definition) is 0. The number of rotatable bonds is 3. The average Bonchev–Trinajstić information content (AvgIpc) is 2.19. The van der Waals surface area contributed by atoms with Crippen LogP contribution < -0.4 is 0 Å². The quantitative estimate of drug-likeness (QED) is 0.508. The molecule has 0 saturated carbocycles. The number of nitrogens with zero attached hydrogens (tertiary/aromatic N) is 2. The predicted molar refractivity (Wildman–Crippen MR) is 48.4 cm³/mol. The maximum atomic E-state index is 10.6. The van der Waals surface area contributed by atoms with Gasteiger partial charge in [-0.15, -0.1) is 0 Å². The molecular formula is C9H10N2O2. The van der Waals surface area contributed by atoms with Gasteiger partial charge in [0.2, 0.25) is 0 Å². The Hall–Kier alpha value is -1.71. The minimum absolute atomic E-state index is 0.441. The molecule has 68 valence electrons. The van der Waals surface area contributed by atoms with Crippen molar-refractivity contribution < 1.29 is 9.53 Å². The number of aromatic nitrogens is 1. The van der Waals surface area contributed by atoms with Gasteiger partial charge in [-0.25, -0.2) is 4.79 Å². The van der Waals surface area contributed by atoms with Crippen molar-refractivity contribution in [2.75, 3.05) is 7.11 Å². The summed E-state index contributed by atoms with van der Waals surface area (Å²) in [5, 5.41) is 0. The van der Waals surface area contributed by atoms with Gasteiger partial charge in [0.05, 0.1) is 13.7 Å². The lowest BCUT2D eigenvalue weighted by Crippen LogP contribution is -2.01. The number of methoxy groups -OCH3 is 1. The van der Waals surface area contributed by atoms with Gasteiger partial charge < -0.3 is 4.74 Å². The number of carbonyl (C=O) groups is 1. The highest BCUT2D eigenvalue weighted by molar-refractivity contribution is 6.23. The summed E-state index contributed by atoms with van der Waals surface area (Å²) in [6.45, 7) is 0.447. The van der Waals surface area contributed by atoms with Crippen LogP contribution in [-0.4, -0.2) is 24.3 Å². The maximum Gasteiger partial charge on any atom is 0.348 e. The van der Waals surface area contributed by atoms with Gasteiger partial charge in [0.15, 0.2) is 0 Å². The zero-order chi connectivity index (χ0) is 9.52. The van der Waals surface area contributed by atoms with Crippen LogP contribution in [0.2, 0.25) is 0 Å². The molecular weight excluding hydrogens is 168 g/mol. The molecule has 0 aliphatic rings. The summed E-state index contributed by atoms with van der Waals surface area (Å²) in [5.41, 5.74) is 0.961. The van der Waals surface area contributed by atoms with E-state index in [1.807, 2.05) is 12.1 Å². The van der Waals surface area contributed by atoms with Gasteiger partial charge in [-0.3, -0.25) is 9.98 Å². The molecule has 0 radical (unpaired) electrons. The Morgan fingerprint density at radius 3 is 3.23 bits per heavy atom. The normalized spacial score (nSPS) is 10.2. The fraction of sp³-hybridized carbons (Fsp3) is 0.222. The van der Waals surface area contributed by atoms with Gasteiger partial charge in [0, 0.05) is 12.4 Å². The van der Waals surface area contributed by atoms with E-state index < -0.39 is 5.97 Å². The Bertz CT molecular complexity index is 296. The van der Waals surface area contributed by atoms with Crippen molar-refractivity contribution >= 4 is 12.2 Å². The van der Waals surface area contributed by atoms with Crippen molar-refractivity contribution in [2.45, 2.75) is 6.54 Å². The van der Waals surface area contributed by atoms with Crippen LogP contribution in [-0.2, 0) is 16.1 Å². The minimum Gasteiger partial charge on any atom is -0.465 e. The first-order chi connectivity index (χ1) is 6.33. The zero-order valence-corrected chi connectivity index (χ0v) is 7.30. The summed E-state index contributed by atoms with van der Waals surface area (Å²) in [6.07, 6.45) is 4.55. The summed E-state index contributed by atoms with van der Waals surface area (Å²) in [7, 11) is 1.32. The van der Waals surface area contributed by atoms with Crippen molar-refractivity contribution in [2.24, 2.45) is 4.99 Å². The molecule has 4 nitrogen and oxygen atoms in total. The van der Waals surface area contributed by atoms with E-state index in [0.29, 0.717) is 6.54 Å². The van der Waals surface area contributed by atoms with Crippen molar-refractivity contribution in [3.63, 3.8) is 0 Å². The molecule has 1 heterocycles. The third-order valence-corrected chi connectivity index (χ3v) is 1.39. The average molecular weight is 178 g/mol. The number of aliphatic imine (C=N–C) groups is 1. The number of hydrogen-bond acceptors (Lipinski definition) is 4. The van der Waals surface area contributed by atoms with Gasteiger partial charge in [-0.2, -0.15) is 0 Å². The van der Waals surface area contributed by atoms with Gasteiger partial charge >= 0.3 is 5.97 Å². The monoisotopic (exact) mass is 178 g/mol. The number of pyridine rings is 1. The van der Waals surface area contributed by atoms with Crippen LogP contribution in [0, 0.1) is 0 Å². The van der Waals surface area contributed by atoms with Crippen molar-refractivity contribution in [1.82, 2.24) is 4.98 Å². The van der Waals surface area contributed by atoms with Crippen molar-refractivity contribution in [3.8, 4) is 0 Å². The third-order valence-electron chi connectivity index (χ3n) is 1.39. The topological polar surface area (TPSA) is 51.5 Å². The largest absolute Gasteiger partial charge is 0.465 e. The zero-order valence-electron chi connectivity index (χ0n) is 7.30. The highest BCUT2D eigenvalue weighted by atomic mass is 16.5. The molecule has 0 aliphatic carbocycles. The molecule has 13 heavy (non-hydrogen) atoms. The second-order valence-corrected chi connectivity index (χ2v) is 2.35. The number of esters is 1. The summed E-state index contributed by atoms with van der Waals surface area (Å²) in [5.74, 6) is -0.441. The molecule has 0 amide bonds. The summed E-state index contributed by atoms with van der Waals surface area (Å²) in [4.78, 5) is 18.4. The lowest BCUT2D eigenvalue weighted by molar-refractivity contribution is -0.132. The smallest absolute Gasteiger partial charge is 0.348 e. The van der Waals surface area contributed by atoms with E-state index in [0.717, 1.165) is 11.8 Å². The molecule has 0 aromatic carbocycles. The van der Waals surface area contributed by atoms with E-state index in [-0.39, 0.29) is 0 Å². The van der Waals surface area contributed by atoms with E-state index in [1.165, 1.54) is 7.11 Å². The predicted octanol–water partition coefficient (Wildman–Crippen LogP) is 0.825. The van der Waals surface area contributed by atoms with Crippen LogP contribution in [0.3, 0.4) is 0 Å². The molecule has 1 rings (SSSR count). The molecule has 0 atom stereocenters. The van der Waals surface area contributed by atoms with Crippen molar-refractivity contribution in [3.05, 3.63) is 30.1 Å². The lowest BCUT2D eigenvalue weighted by atomic mass is 10.3. The van der Waals surface area contributed by atoms with E-state index in [1.54, 1.807) is 12.4 Å². The molecule has 0 fully saturated rings. The Morgan fingerprint density at radius 2 is 2.62 bits per heavy atom. The molecule has 0 aliphatic heterocycles. The van der Waals surface area contributed by atoms with Crippen molar-refractivity contribution in [1.29, 1.82) is 0 Å². The third kappa shape index (κ3) is 3.46. The highest BCUT2D eigenvalue weighted by Crippen LogP contribution is 1.96. The highest BCUT2D eigenvalue weighted by Gasteiger charge is 1.91. The van der Waals surface area contributed by atoms with Gasteiger partial charge in [-0.05, 0) is 11.6 Å². The van der Waals surface area contributed by atoms with Crippen LogP contribution >= 0.6 is 0 Å². The molecule has 1 aromatic heterocycles. The summed E-state index contributed by atoms with van der Waals surface area (Å²) >= 11 is 0. The molecule has 0 bridgehead atoms. The first-order valence-electron chi connectivity index (χ1n) is 3.79. The molecule has 0 spiro atoms. The Kier molecular flexibility index (Phi) is 3.63. The lowest BCUT2D eigenvalue weighted by Gasteiger charge is -1.93. The van der Waals surface area contributed by atoms with Crippen LogP contribution in [0.25, 0.3) is 0 Å². The SMILES string of the molecule is COC(=O)C=NCc1cccnc1. The number of ether oxygens (including phenoxy) is 1. The standard InChI is InChI=1S/C9H10N2O2/c1-13-9(12)7-11-6-8-3-2-4-10-5-8/h2-5,7H,6H2,1H3. The molecule has 0 unspecified atom stereocenters. The van der Waals surface area contributed by atoms with E-state index in [2.05, 4.69) is 14.7 Å².